The van der Waals surface area contributed by atoms with Crippen LogP contribution in [0.15, 0.2) is 54.9 Å². The summed E-state index contributed by atoms with van der Waals surface area (Å²) in [6.45, 7) is 0.449. The van der Waals surface area contributed by atoms with Crippen molar-refractivity contribution >= 4 is 5.91 Å². The second kappa shape index (κ2) is 7.91. The van der Waals surface area contributed by atoms with Gasteiger partial charge in [0, 0.05) is 6.54 Å². The van der Waals surface area contributed by atoms with Crippen LogP contribution in [0.4, 0.5) is 0 Å². The molecule has 0 saturated carbocycles. The Morgan fingerprint density at radius 2 is 1.88 bits per heavy atom. The maximum absolute atomic E-state index is 11.8. The van der Waals surface area contributed by atoms with E-state index in [1.807, 2.05) is 12.1 Å². The second-order valence-electron chi connectivity index (χ2n) is 5.30. The fourth-order valence-corrected chi connectivity index (χ4v) is 2.18. The van der Waals surface area contributed by atoms with Gasteiger partial charge in [-0.25, -0.2) is 4.68 Å². The van der Waals surface area contributed by atoms with Crippen LogP contribution >= 0.6 is 0 Å². The number of benzene rings is 2. The number of carbonyl (C=O) groups excluding carboxylic acids is 1. The van der Waals surface area contributed by atoms with Crippen molar-refractivity contribution in [2.75, 3.05) is 13.2 Å². The highest BCUT2D eigenvalue weighted by molar-refractivity contribution is 5.77. The summed E-state index contributed by atoms with van der Waals surface area (Å²) >= 11 is 0. The Morgan fingerprint density at radius 3 is 2.56 bits per heavy atom. The van der Waals surface area contributed by atoms with Crippen LogP contribution in [0.3, 0.4) is 0 Å². The summed E-state index contributed by atoms with van der Waals surface area (Å²) < 4.78 is 6.98. The zero-order valence-electron chi connectivity index (χ0n) is 13.4. The number of carbonyl (C=O) groups is 1. The first-order chi connectivity index (χ1) is 12.2. The van der Waals surface area contributed by atoms with Gasteiger partial charge in [-0.3, -0.25) is 4.79 Å². The maximum Gasteiger partial charge on any atom is 0.257 e. The topological polar surface area (TPSA) is 102 Å². The van der Waals surface area contributed by atoms with Crippen molar-refractivity contribution in [3.63, 3.8) is 0 Å². The van der Waals surface area contributed by atoms with Gasteiger partial charge in [0.1, 0.15) is 17.8 Å². The number of rotatable bonds is 7. The van der Waals surface area contributed by atoms with Gasteiger partial charge in [-0.1, -0.05) is 12.1 Å². The van der Waals surface area contributed by atoms with E-state index < -0.39 is 0 Å². The van der Waals surface area contributed by atoms with Crippen molar-refractivity contribution in [2.45, 2.75) is 6.42 Å². The molecule has 2 N–H and O–H groups in total. The molecule has 2 aromatic carbocycles. The fraction of sp³-hybridized carbons (Fsp3) is 0.176. The molecular weight excluding hydrogens is 322 g/mol. The highest BCUT2D eigenvalue weighted by Crippen LogP contribution is 2.14. The Morgan fingerprint density at radius 1 is 1.12 bits per heavy atom. The lowest BCUT2D eigenvalue weighted by atomic mass is 10.1. The standard InChI is InChI=1S/C17H17N5O3/c23-15-5-1-13(2-6-15)9-10-18-17(24)11-25-16-7-3-14(4-8-16)22-12-19-20-21-22/h1-8,12,23H,9-11H2,(H,18,24). The first-order valence-electron chi connectivity index (χ1n) is 7.71. The molecule has 8 nitrogen and oxygen atoms in total. The molecule has 0 radical (unpaired) electrons. The van der Waals surface area contributed by atoms with E-state index in [0.29, 0.717) is 18.7 Å². The molecule has 128 valence electrons. The summed E-state index contributed by atoms with van der Waals surface area (Å²) in [5.74, 6) is 0.626. The van der Waals surface area contributed by atoms with Crippen LogP contribution in [0, 0.1) is 0 Å². The Kier molecular flexibility index (Phi) is 5.20. The number of hydrogen-bond donors (Lipinski definition) is 2. The average molecular weight is 339 g/mol. The summed E-state index contributed by atoms with van der Waals surface area (Å²) in [7, 11) is 0. The number of nitrogens with one attached hydrogen (secondary N) is 1. The van der Waals surface area contributed by atoms with E-state index in [9.17, 15) is 9.90 Å². The fourth-order valence-electron chi connectivity index (χ4n) is 2.18. The number of aromatic nitrogens is 4. The minimum absolute atomic E-state index is 0.0557. The predicted octanol–water partition coefficient (Wildman–Crippen LogP) is 1.11. The number of phenolic OH excluding ortho intramolecular Hbond substituents is 1. The number of amides is 1. The molecule has 0 saturated heterocycles. The van der Waals surface area contributed by atoms with Crippen molar-refractivity contribution in [2.24, 2.45) is 0 Å². The minimum Gasteiger partial charge on any atom is -0.508 e. The number of aromatic hydroxyl groups is 1. The smallest absolute Gasteiger partial charge is 0.257 e. The first-order valence-corrected chi connectivity index (χ1v) is 7.71. The summed E-state index contributed by atoms with van der Waals surface area (Å²) in [5.41, 5.74) is 1.84. The van der Waals surface area contributed by atoms with Crippen LogP contribution in [-0.2, 0) is 11.2 Å². The average Bonchev–Trinajstić information content (AvgIpc) is 3.17. The molecule has 0 fully saturated rings. The molecule has 1 aromatic heterocycles. The van der Waals surface area contributed by atoms with Gasteiger partial charge in [-0.15, -0.1) is 5.10 Å². The van der Waals surface area contributed by atoms with Crippen LogP contribution in [0.1, 0.15) is 5.56 Å². The quantitative estimate of drug-likeness (QED) is 0.668. The van der Waals surface area contributed by atoms with E-state index in [-0.39, 0.29) is 18.3 Å². The van der Waals surface area contributed by atoms with E-state index in [2.05, 4.69) is 20.8 Å². The van der Waals surface area contributed by atoms with Gasteiger partial charge >= 0.3 is 0 Å². The molecule has 0 aliphatic rings. The first kappa shape index (κ1) is 16.4. The van der Waals surface area contributed by atoms with Crippen molar-refractivity contribution in [1.29, 1.82) is 0 Å². The Bertz CT molecular complexity index is 801. The molecule has 0 atom stereocenters. The summed E-state index contributed by atoms with van der Waals surface area (Å²) in [6, 6.07) is 14.0. The highest BCUT2D eigenvalue weighted by Gasteiger charge is 2.04. The lowest BCUT2D eigenvalue weighted by Crippen LogP contribution is -2.30. The van der Waals surface area contributed by atoms with Crippen molar-refractivity contribution in [3.05, 3.63) is 60.4 Å². The SMILES string of the molecule is O=C(COc1ccc(-n2cnnn2)cc1)NCCc1ccc(O)cc1. The monoisotopic (exact) mass is 339 g/mol. The molecule has 0 aliphatic heterocycles. The summed E-state index contributed by atoms with van der Waals surface area (Å²) in [6.07, 6.45) is 2.18. The van der Waals surface area contributed by atoms with Crippen LogP contribution in [0.5, 0.6) is 11.5 Å². The molecule has 0 spiro atoms. The largest absolute Gasteiger partial charge is 0.508 e. The van der Waals surface area contributed by atoms with Gasteiger partial charge in [0.25, 0.3) is 5.91 Å². The Balaban J connectivity index is 1.40. The number of ether oxygens (including phenoxy) is 1. The van der Waals surface area contributed by atoms with Gasteiger partial charge in [-0.05, 0) is 58.8 Å². The number of nitrogens with zero attached hydrogens (tertiary/aromatic N) is 4. The molecule has 0 unspecified atom stereocenters. The second-order valence-corrected chi connectivity index (χ2v) is 5.30. The zero-order chi connectivity index (χ0) is 17.5. The van der Waals surface area contributed by atoms with E-state index in [1.165, 1.54) is 11.0 Å². The molecule has 1 amide bonds. The number of hydrogen-bond acceptors (Lipinski definition) is 6. The summed E-state index contributed by atoms with van der Waals surface area (Å²) in [4.78, 5) is 11.8. The van der Waals surface area contributed by atoms with E-state index in [4.69, 9.17) is 4.74 Å². The number of tetrazole rings is 1. The number of phenols is 1. The molecule has 8 heteroatoms. The molecule has 0 bridgehead atoms. The Labute approximate surface area is 144 Å². The van der Waals surface area contributed by atoms with Crippen LogP contribution in [0.2, 0.25) is 0 Å². The molecular formula is C17H17N5O3. The van der Waals surface area contributed by atoms with E-state index >= 15 is 0 Å². The van der Waals surface area contributed by atoms with Gasteiger partial charge in [0.2, 0.25) is 0 Å². The molecule has 3 aromatic rings. The highest BCUT2D eigenvalue weighted by atomic mass is 16.5. The van der Waals surface area contributed by atoms with Crippen molar-refractivity contribution in [1.82, 2.24) is 25.5 Å². The third-order valence-electron chi connectivity index (χ3n) is 3.49. The van der Waals surface area contributed by atoms with E-state index in [0.717, 1.165) is 11.3 Å². The molecule has 0 aliphatic carbocycles. The van der Waals surface area contributed by atoms with Gasteiger partial charge < -0.3 is 15.2 Å². The third kappa shape index (κ3) is 4.77. The summed E-state index contributed by atoms with van der Waals surface area (Å²) in [5, 5.41) is 22.9. The van der Waals surface area contributed by atoms with Crippen LogP contribution < -0.4 is 10.1 Å². The van der Waals surface area contributed by atoms with Gasteiger partial charge in [-0.2, -0.15) is 0 Å². The van der Waals surface area contributed by atoms with Crippen LogP contribution in [-0.4, -0.2) is 44.4 Å². The van der Waals surface area contributed by atoms with E-state index in [1.54, 1.807) is 36.4 Å². The predicted molar refractivity (Wildman–Crippen MR) is 89.5 cm³/mol. The normalized spacial score (nSPS) is 10.4. The third-order valence-corrected chi connectivity index (χ3v) is 3.49. The molecule has 25 heavy (non-hydrogen) atoms. The molecule has 1 heterocycles. The van der Waals surface area contributed by atoms with Crippen molar-refractivity contribution in [3.8, 4) is 17.2 Å². The maximum atomic E-state index is 11.8. The Hall–Kier alpha value is -3.42. The van der Waals surface area contributed by atoms with Crippen LogP contribution in [0.25, 0.3) is 5.69 Å². The lowest BCUT2D eigenvalue weighted by Gasteiger charge is -2.08. The van der Waals surface area contributed by atoms with Crippen molar-refractivity contribution < 1.29 is 14.6 Å². The molecule has 3 rings (SSSR count). The van der Waals surface area contributed by atoms with Gasteiger partial charge in [0.05, 0.1) is 5.69 Å². The lowest BCUT2D eigenvalue weighted by molar-refractivity contribution is -0.123. The van der Waals surface area contributed by atoms with Gasteiger partial charge in [0.15, 0.2) is 6.61 Å². The minimum atomic E-state index is -0.191. The zero-order valence-corrected chi connectivity index (χ0v) is 13.4.